The molecule has 2 aromatic heterocycles. The Morgan fingerprint density at radius 3 is 2.11 bits per heavy atom. The van der Waals surface area contributed by atoms with Gasteiger partial charge in [0.05, 0.1) is 22.1 Å². The van der Waals surface area contributed by atoms with E-state index in [9.17, 15) is 0 Å². The van der Waals surface area contributed by atoms with Crippen molar-refractivity contribution >= 4 is 33.5 Å². The molecule has 2 heterocycles. The second-order valence-electron chi connectivity index (χ2n) is 7.45. The van der Waals surface area contributed by atoms with Crippen molar-refractivity contribution in [2.75, 3.05) is 0 Å². The van der Waals surface area contributed by atoms with Crippen molar-refractivity contribution in [2.45, 2.75) is 34.6 Å². The molecule has 0 aliphatic heterocycles. The Bertz CT molecular complexity index is 1220. The van der Waals surface area contributed by atoms with Gasteiger partial charge in [0.25, 0.3) is 0 Å². The SMILES string of the molecule is C/C(=N/N=C(/C)C(C)C)c1nc2ccc(-c3ccc4nc(C)[nH]c4c3)cc2[nH]1. The van der Waals surface area contributed by atoms with Gasteiger partial charge >= 0.3 is 0 Å². The van der Waals surface area contributed by atoms with Gasteiger partial charge in [-0.3, -0.25) is 0 Å². The Hall–Kier alpha value is -3.28. The lowest BCUT2D eigenvalue weighted by Gasteiger charge is -2.01. The van der Waals surface area contributed by atoms with E-state index < -0.39 is 0 Å². The van der Waals surface area contributed by atoms with Crippen LogP contribution < -0.4 is 0 Å². The lowest BCUT2D eigenvalue weighted by Crippen LogP contribution is -2.02. The van der Waals surface area contributed by atoms with E-state index in [4.69, 9.17) is 0 Å². The number of nitrogens with one attached hydrogen (secondary N) is 2. The standard InChI is InChI=1S/C22H24N6/c1-12(2)13(3)27-28-14(4)22-25-19-9-7-17(11-21(19)26-22)16-6-8-18-20(10-16)24-15(5)23-18/h6-12H,1-5H3,(H,23,24)(H,25,26)/b27-13-,28-14-. The van der Waals surface area contributed by atoms with E-state index >= 15 is 0 Å². The largest absolute Gasteiger partial charge is 0.342 e. The molecule has 0 aliphatic rings. The number of fused-ring (bicyclic) bond motifs is 2. The maximum atomic E-state index is 4.65. The number of benzene rings is 2. The second-order valence-corrected chi connectivity index (χ2v) is 7.45. The van der Waals surface area contributed by atoms with Crippen LogP contribution in [0.5, 0.6) is 0 Å². The summed E-state index contributed by atoms with van der Waals surface area (Å²) in [5, 5.41) is 8.63. The van der Waals surface area contributed by atoms with Gasteiger partial charge < -0.3 is 9.97 Å². The van der Waals surface area contributed by atoms with Gasteiger partial charge in [-0.15, -0.1) is 0 Å². The number of hydrogen-bond donors (Lipinski definition) is 2. The number of hydrogen-bond acceptors (Lipinski definition) is 4. The summed E-state index contributed by atoms with van der Waals surface area (Å²) in [6, 6.07) is 12.5. The zero-order chi connectivity index (χ0) is 19.8. The van der Waals surface area contributed by atoms with Crippen molar-refractivity contribution in [3.8, 4) is 11.1 Å². The Balaban J connectivity index is 1.69. The zero-order valence-electron chi connectivity index (χ0n) is 16.8. The van der Waals surface area contributed by atoms with E-state index in [2.05, 4.69) is 68.3 Å². The zero-order valence-corrected chi connectivity index (χ0v) is 16.8. The molecule has 28 heavy (non-hydrogen) atoms. The summed E-state index contributed by atoms with van der Waals surface area (Å²) in [5.74, 6) is 2.05. The molecule has 0 bridgehead atoms. The first-order valence-electron chi connectivity index (χ1n) is 9.46. The van der Waals surface area contributed by atoms with Crippen molar-refractivity contribution in [3.63, 3.8) is 0 Å². The van der Waals surface area contributed by atoms with E-state index in [0.717, 1.165) is 56.3 Å². The minimum absolute atomic E-state index is 0.380. The molecule has 0 aliphatic carbocycles. The van der Waals surface area contributed by atoms with Crippen LogP contribution in [0, 0.1) is 12.8 Å². The van der Waals surface area contributed by atoms with Crippen LogP contribution in [0.25, 0.3) is 33.2 Å². The van der Waals surface area contributed by atoms with Crippen LogP contribution in [-0.4, -0.2) is 31.4 Å². The van der Waals surface area contributed by atoms with E-state index in [-0.39, 0.29) is 0 Å². The summed E-state index contributed by atoms with van der Waals surface area (Å²) < 4.78 is 0. The minimum Gasteiger partial charge on any atom is -0.342 e. The Morgan fingerprint density at radius 2 is 1.46 bits per heavy atom. The van der Waals surface area contributed by atoms with Crippen LogP contribution in [0.1, 0.15) is 39.3 Å². The number of aryl methyl sites for hydroxylation is 1. The van der Waals surface area contributed by atoms with Gasteiger partial charge in [-0.1, -0.05) is 26.0 Å². The number of aromatic amines is 2. The van der Waals surface area contributed by atoms with Crippen molar-refractivity contribution < 1.29 is 0 Å². The van der Waals surface area contributed by atoms with Gasteiger partial charge in [-0.2, -0.15) is 10.2 Å². The van der Waals surface area contributed by atoms with Crippen molar-refractivity contribution in [1.82, 2.24) is 19.9 Å². The summed E-state index contributed by atoms with van der Waals surface area (Å²) in [6.07, 6.45) is 0. The van der Waals surface area contributed by atoms with Crippen LogP contribution in [0.4, 0.5) is 0 Å². The second kappa shape index (κ2) is 7.03. The fraction of sp³-hybridized carbons (Fsp3) is 0.273. The van der Waals surface area contributed by atoms with E-state index in [1.54, 1.807) is 0 Å². The molecule has 6 heteroatoms. The van der Waals surface area contributed by atoms with Gasteiger partial charge in [-0.25, -0.2) is 9.97 Å². The third-order valence-electron chi connectivity index (χ3n) is 4.95. The molecular weight excluding hydrogens is 348 g/mol. The average molecular weight is 372 g/mol. The summed E-state index contributed by atoms with van der Waals surface area (Å²) >= 11 is 0. The van der Waals surface area contributed by atoms with Crippen LogP contribution in [0.2, 0.25) is 0 Å². The predicted molar refractivity (Wildman–Crippen MR) is 116 cm³/mol. The van der Waals surface area contributed by atoms with Crippen LogP contribution >= 0.6 is 0 Å². The van der Waals surface area contributed by atoms with E-state index in [0.29, 0.717) is 5.92 Å². The third-order valence-corrected chi connectivity index (χ3v) is 4.95. The van der Waals surface area contributed by atoms with Crippen LogP contribution in [0.3, 0.4) is 0 Å². The molecule has 0 fully saturated rings. The molecule has 2 N–H and O–H groups in total. The molecule has 0 saturated heterocycles. The summed E-state index contributed by atoms with van der Waals surface area (Å²) in [6.45, 7) is 10.1. The number of aromatic nitrogens is 4. The van der Waals surface area contributed by atoms with Gasteiger partial charge in [-0.05, 0) is 62.1 Å². The quantitative estimate of drug-likeness (QED) is 0.378. The highest BCUT2D eigenvalue weighted by Crippen LogP contribution is 2.26. The molecule has 0 unspecified atom stereocenters. The predicted octanol–water partition coefficient (Wildman–Crippen LogP) is 5.26. The molecule has 0 spiro atoms. The minimum atomic E-state index is 0.380. The smallest absolute Gasteiger partial charge is 0.154 e. The van der Waals surface area contributed by atoms with Gasteiger partial charge in [0.15, 0.2) is 5.82 Å². The van der Waals surface area contributed by atoms with Crippen molar-refractivity contribution in [3.05, 3.63) is 48.0 Å². The Labute approximate surface area is 163 Å². The monoisotopic (exact) mass is 372 g/mol. The molecule has 0 atom stereocenters. The van der Waals surface area contributed by atoms with Gasteiger partial charge in [0, 0.05) is 5.71 Å². The molecular formula is C22H24N6. The molecule has 0 amide bonds. The third kappa shape index (κ3) is 3.45. The maximum absolute atomic E-state index is 4.65. The molecule has 2 aromatic carbocycles. The number of rotatable bonds is 4. The molecule has 4 rings (SSSR count). The number of nitrogens with zero attached hydrogens (tertiary/aromatic N) is 4. The van der Waals surface area contributed by atoms with Crippen LogP contribution in [0.15, 0.2) is 46.6 Å². The van der Waals surface area contributed by atoms with Gasteiger partial charge in [0.1, 0.15) is 11.5 Å². The lowest BCUT2D eigenvalue weighted by molar-refractivity contribution is 0.869. The van der Waals surface area contributed by atoms with E-state index in [1.165, 1.54) is 0 Å². The Kier molecular flexibility index (Phi) is 4.55. The van der Waals surface area contributed by atoms with E-state index in [1.807, 2.05) is 32.9 Å². The normalized spacial score (nSPS) is 13.2. The molecule has 4 aromatic rings. The molecule has 6 nitrogen and oxygen atoms in total. The molecule has 0 radical (unpaired) electrons. The average Bonchev–Trinajstić information content (AvgIpc) is 3.26. The highest BCUT2D eigenvalue weighted by atomic mass is 15.2. The van der Waals surface area contributed by atoms with Crippen LogP contribution in [-0.2, 0) is 0 Å². The Morgan fingerprint density at radius 1 is 0.857 bits per heavy atom. The van der Waals surface area contributed by atoms with Gasteiger partial charge in [0.2, 0.25) is 0 Å². The fourth-order valence-corrected chi connectivity index (χ4v) is 2.99. The fourth-order valence-electron chi connectivity index (χ4n) is 2.99. The number of imidazole rings is 2. The first-order valence-corrected chi connectivity index (χ1v) is 9.46. The lowest BCUT2D eigenvalue weighted by atomic mass is 10.0. The number of H-pyrrole nitrogens is 2. The summed E-state index contributed by atoms with van der Waals surface area (Å²) in [5.41, 5.74) is 7.95. The highest BCUT2D eigenvalue weighted by Gasteiger charge is 2.09. The van der Waals surface area contributed by atoms with Crippen molar-refractivity contribution in [2.24, 2.45) is 16.1 Å². The van der Waals surface area contributed by atoms with Crippen molar-refractivity contribution in [1.29, 1.82) is 0 Å². The molecule has 142 valence electrons. The summed E-state index contributed by atoms with van der Waals surface area (Å²) in [4.78, 5) is 15.8. The molecule has 0 saturated carbocycles. The first kappa shape index (κ1) is 18.1. The maximum Gasteiger partial charge on any atom is 0.154 e. The topological polar surface area (TPSA) is 82.1 Å². The highest BCUT2D eigenvalue weighted by molar-refractivity contribution is 5.99. The summed E-state index contributed by atoms with van der Waals surface area (Å²) in [7, 11) is 0. The first-order chi connectivity index (χ1) is 13.4.